The second-order valence-corrected chi connectivity index (χ2v) is 4.26. The zero-order valence-electron chi connectivity index (χ0n) is 7.79. The highest BCUT2D eigenvalue weighted by atomic mass is 16.3. The predicted octanol–water partition coefficient (Wildman–Crippen LogP) is 2.04. The van der Waals surface area contributed by atoms with Crippen LogP contribution < -0.4 is 5.73 Å². The molecule has 1 aromatic rings. The fourth-order valence-corrected chi connectivity index (χ4v) is 1.99. The van der Waals surface area contributed by atoms with Crippen molar-refractivity contribution in [3.05, 3.63) is 23.7 Å². The van der Waals surface area contributed by atoms with E-state index in [-0.39, 0.29) is 5.41 Å². The van der Waals surface area contributed by atoms with Crippen molar-refractivity contribution in [2.45, 2.75) is 32.7 Å². The summed E-state index contributed by atoms with van der Waals surface area (Å²) in [5.74, 6) is 1.51. The van der Waals surface area contributed by atoms with E-state index >= 15 is 0 Å². The lowest BCUT2D eigenvalue weighted by atomic mass is 10.0. The van der Waals surface area contributed by atoms with Gasteiger partial charge in [-0.25, -0.2) is 0 Å². The number of furan rings is 1. The monoisotopic (exact) mass is 165 g/mol. The van der Waals surface area contributed by atoms with Crippen LogP contribution in [0, 0.1) is 12.3 Å². The van der Waals surface area contributed by atoms with E-state index in [1.807, 2.05) is 13.0 Å². The molecule has 2 nitrogen and oxygen atoms in total. The van der Waals surface area contributed by atoms with Crippen LogP contribution in [0.3, 0.4) is 0 Å². The SMILES string of the molecule is Cc1occc1[C@@H]1[C@@H](N)C1(C)C. The van der Waals surface area contributed by atoms with Crippen LogP contribution in [0.4, 0.5) is 0 Å². The fourth-order valence-electron chi connectivity index (χ4n) is 1.99. The van der Waals surface area contributed by atoms with E-state index in [0.29, 0.717) is 12.0 Å². The van der Waals surface area contributed by atoms with Crippen LogP contribution in [0.2, 0.25) is 0 Å². The predicted molar refractivity (Wildman–Crippen MR) is 47.9 cm³/mol. The van der Waals surface area contributed by atoms with E-state index in [4.69, 9.17) is 10.2 Å². The molecule has 0 bridgehead atoms. The molecule has 1 aromatic heterocycles. The van der Waals surface area contributed by atoms with Gasteiger partial charge < -0.3 is 10.2 Å². The molecule has 0 radical (unpaired) electrons. The van der Waals surface area contributed by atoms with Crippen LogP contribution in [0.1, 0.15) is 31.1 Å². The Morgan fingerprint density at radius 3 is 2.42 bits per heavy atom. The summed E-state index contributed by atoms with van der Waals surface area (Å²) >= 11 is 0. The number of rotatable bonds is 1. The Balaban J connectivity index is 2.30. The molecule has 12 heavy (non-hydrogen) atoms. The molecule has 66 valence electrons. The molecule has 1 fully saturated rings. The van der Waals surface area contributed by atoms with Gasteiger partial charge in [-0.1, -0.05) is 13.8 Å². The maximum absolute atomic E-state index is 5.96. The number of nitrogens with two attached hydrogens (primary N) is 1. The van der Waals surface area contributed by atoms with Gasteiger partial charge in [-0.05, 0) is 24.0 Å². The first-order chi connectivity index (χ1) is 5.55. The third-order valence-electron chi connectivity index (χ3n) is 3.14. The Morgan fingerprint density at radius 1 is 1.50 bits per heavy atom. The molecule has 0 spiro atoms. The van der Waals surface area contributed by atoms with Crippen molar-refractivity contribution in [3.63, 3.8) is 0 Å². The molecule has 2 N–H and O–H groups in total. The Labute approximate surface area is 72.7 Å². The second kappa shape index (κ2) is 2.13. The summed E-state index contributed by atoms with van der Waals surface area (Å²) in [6.45, 7) is 6.40. The smallest absolute Gasteiger partial charge is 0.104 e. The highest BCUT2D eigenvalue weighted by molar-refractivity contribution is 5.35. The minimum absolute atomic E-state index is 0.259. The molecule has 2 atom stereocenters. The largest absolute Gasteiger partial charge is 0.469 e. The third kappa shape index (κ3) is 0.845. The zero-order valence-corrected chi connectivity index (χ0v) is 7.79. The first-order valence-electron chi connectivity index (χ1n) is 4.34. The molecule has 0 amide bonds. The van der Waals surface area contributed by atoms with Gasteiger partial charge in [-0.3, -0.25) is 0 Å². The first-order valence-corrected chi connectivity index (χ1v) is 4.34. The average molecular weight is 165 g/mol. The molecule has 1 heterocycles. The molecule has 2 heteroatoms. The third-order valence-corrected chi connectivity index (χ3v) is 3.14. The van der Waals surface area contributed by atoms with Crippen molar-refractivity contribution < 1.29 is 4.42 Å². The quantitative estimate of drug-likeness (QED) is 0.691. The van der Waals surface area contributed by atoms with E-state index in [1.165, 1.54) is 5.56 Å². The molecular weight excluding hydrogens is 150 g/mol. The minimum atomic E-state index is 0.259. The van der Waals surface area contributed by atoms with Crippen LogP contribution in [0.25, 0.3) is 0 Å². The molecule has 0 aromatic carbocycles. The highest BCUT2D eigenvalue weighted by Gasteiger charge is 2.57. The Hall–Kier alpha value is -0.760. The van der Waals surface area contributed by atoms with E-state index in [2.05, 4.69) is 13.8 Å². The molecule has 1 aliphatic carbocycles. The van der Waals surface area contributed by atoms with Crippen LogP contribution in [-0.4, -0.2) is 6.04 Å². The zero-order chi connectivity index (χ0) is 8.93. The van der Waals surface area contributed by atoms with Crippen molar-refractivity contribution in [3.8, 4) is 0 Å². The Kier molecular flexibility index (Phi) is 1.40. The van der Waals surface area contributed by atoms with Crippen LogP contribution in [0.5, 0.6) is 0 Å². The van der Waals surface area contributed by atoms with Gasteiger partial charge in [-0.2, -0.15) is 0 Å². The summed E-state index contributed by atoms with van der Waals surface area (Å²) in [7, 11) is 0. The first kappa shape index (κ1) is 7.87. The van der Waals surface area contributed by atoms with E-state index < -0.39 is 0 Å². The highest BCUT2D eigenvalue weighted by Crippen LogP contribution is 2.57. The number of aryl methyl sites for hydroxylation is 1. The molecule has 2 rings (SSSR count). The lowest BCUT2D eigenvalue weighted by molar-refractivity contribution is 0.525. The van der Waals surface area contributed by atoms with Gasteiger partial charge >= 0.3 is 0 Å². The molecule has 1 saturated carbocycles. The molecular formula is C10H15NO. The van der Waals surface area contributed by atoms with Gasteiger partial charge in [0.25, 0.3) is 0 Å². The normalized spacial score (nSPS) is 32.0. The molecule has 0 aliphatic heterocycles. The summed E-state index contributed by atoms with van der Waals surface area (Å²) in [6.07, 6.45) is 1.74. The van der Waals surface area contributed by atoms with Crippen molar-refractivity contribution in [2.75, 3.05) is 0 Å². The molecule has 0 saturated heterocycles. The lowest BCUT2D eigenvalue weighted by Gasteiger charge is -1.99. The van der Waals surface area contributed by atoms with E-state index in [9.17, 15) is 0 Å². The van der Waals surface area contributed by atoms with Gasteiger partial charge in [0.2, 0.25) is 0 Å². The van der Waals surface area contributed by atoms with Gasteiger partial charge in [0.1, 0.15) is 5.76 Å². The van der Waals surface area contributed by atoms with E-state index in [0.717, 1.165) is 5.76 Å². The Bertz CT molecular complexity index is 301. The van der Waals surface area contributed by atoms with Crippen molar-refractivity contribution in [2.24, 2.45) is 11.1 Å². The number of hydrogen-bond donors (Lipinski definition) is 1. The van der Waals surface area contributed by atoms with Gasteiger partial charge in [0.15, 0.2) is 0 Å². The summed E-state index contributed by atoms with van der Waals surface area (Å²) in [4.78, 5) is 0. The standard InChI is InChI=1S/C10H15NO/c1-6-7(4-5-12-6)8-9(11)10(8,2)3/h4-5,8-9H,11H2,1-3H3/t8-,9-/m1/s1. The van der Waals surface area contributed by atoms with E-state index in [1.54, 1.807) is 6.26 Å². The van der Waals surface area contributed by atoms with Crippen molar-refractivity contribution in [1.29, 1.82) is 0 Å². The Morgan fingerprint density at radius 2 is 2.08 bits per heavy atom. The second-order valence-electron chi connectivity index (χ2n) is 4.26. The summed E-state index contributed by atoms with van der Waals surface area (Å²) in [6, 6.07) is 2.34. The lowest BCUT2D eigenvalue weighted by Crippen LogP contribution is -2.06. The van der Waals surface area contributed by atoms with Crippen LogP contribution in [-0.2, 0) is 0 Å². The van der Waals surface area contributed by atoms with Gasteiger partial charge in [0.05, 0.1) is 6.26 Å². The van der Waals surface area contributed by atoms with Crippen LogP contribution in [0.15, 0.2) is 16.7 Å². The molecule has 1 aliphatic rings. The van der Waals surface area contributed by atoms with Gasteiger partial charge in [-0.15, -0.1) is 0 Å². The maximum atomic E-state index is 5.96. The van der Waals surface area contributed by atoms with Crippen molar-refractivity contribution >= 4 is 0 Å². The maximum Gasteiger partial charge on any atom is 0.104 e. The van der Waals surface area contributed by atoms with Crippen LogP contribution >= 0.6 is 0 Å². The van der Waals surface area contributed by atoms with Crippen molar-refractivity contribution in [1.82, 2.24) is 0 Å². The summed E-state index contributed by atoms with van der Waals surface area (Å²) < 4.78 is 5.25. The summed E-state index contributed by atoms with van der Waals surface area (Å²) in [5, 5.41) is 0. The fraction of sp³-hybridized carbons (Fsp3) is 0.600. The number of hydrogen-bond acceptors (Lipinski definition) is 2. The summed E-state index contributed by atoms with van der Waals surface area (Å²) in [5.41, 5.74) is 7.51. The molecule has 0 unspecified atom stereocenters. The minimum Gasteiger partial charge on any atom is -0.469 e. The topological polar surface area (TPSA) is 39.2 Å². The average Bonchev–Trinajstić information content (AvgIpc) is 2.39. The van der Waals surface area contributed by atoms with Gasteiger partial charge in [0, 0.05) is 12.0 Å².